The molecule has 2 aromatic heterocycles. The fourth-order valence-electron chi connectivity index (χ4n) is 1.24. The smallest absolute Gasteiger partial charge is 0.401 e. The number of hydrogen-bond acceptors (Lipinski definition) is 6. The van der Waals surface area contributed by atoms with Crippen molar-refractivity contribution in [3.63, 3.8) is 0 Å². The van der Waals surface area contributed by atoms with Crippen molar-refractivity contribution in [1.82, 2.24) is 4.98 Å². The topological polar surface area (TPSA) is 93.0 Å². The zero-order chi connectivity index (χ0) is 13.7. The minimum atomic E-state index is -0.595. The number of thioether (sulfide) groups is 1. The Kier molecular flexibility index (Phi) is 3.95. The summed E-state index contributed by atoms with van der Waals surface area (Å²) in [5.74, 6) is 0.0879. The molecule has 94 valence electrons. The second-order valence-electron chi connectivity index (χ2n) is 3.35. The monoisotopic (exact) mass is 273 g/mol. The van der Waals surface area contributed by atoms with Crippen molar-refractivity contribution >= 4 is 23.7 Å². The molecule has 0 N–H and O–H groups in total. The van der Waals surface area contributed by atoms with Crippen LogP contribution in [0.15, 0.2) is 45.3 Å². The average molecular weight is 273 g/mol. The van der Waals surface area contributed by atoms with Gasteiger partial charge in [-0.05, 0) is 29.7 Å². The fraction of sp³-hybridized carbons (Fsp3) is 0. The summed E-state index contributed by atoms with van der Waals surface area (Å²) in [7, 11) is 0. The predicted octanol–water partition coefficient (Wildman–Crippen LogP) is 3.22. The molecule has 0 unspecified atom stereocenters. The third-order valence-corrected chi connectivity index (χ3v) is 2.81. The fourth-order valence-corrected chi connectivity index (χ4v) is 1.90. The Morgan fingerprint density at radius 2 is 2.32 bits per heavy atom. The van der Waals surface area contributed by atoms with Crippen molar-refractivity contribution < 1.29 is 9.34 Å². The zero-order valence-corrected chi connectivity index (χ0v) is 10.3. The molecule has 2 rings (SSSR count). The third-order valence-electron chi connectivity index (χ3n) is 2.08. The summed E-state index contributed by atoms with van der Waals surface area (Å²) in [6.07, 6.45) is 3.14. The van der Waals surface area contributed by atoms with Crippen molar-refractivity contribution in [3.05, 3.63) is 57.3 Å². The normalized spacial score (nSPS) is 10.5. The second kappa shape index (κ2) is 5.84. The number of aromatic nitrogens is 1. The van der Waals surface area contributed by atoms with E-state index in [4.69, 9.17) is 9.68 Å². The number of rotatable bonds is 4. The van der Waals surface area contributed by atoms with Gasteiger partial charge in [0.2, 0.25) is 0 Å². The Morgan fingerprint density at radius 1 is 1.47 bits per heavy atom. The van der Waals surface area contributed by atoms with E-state index < -0.39 is 4.92 Å². The third kappa shape index (κ3) is 3.43. The van der Waals surface area contributed by atoms with Gasteiger partial charge in [-0.3, -0.25) is 10.1 Å². The molecule has 2 heterocycles. The van der Waals surface area contributed by atoms with Crippen LogP contribution in [0.25, 0.3) is 6.08 Å². The molecule has 0 aliphatic rings. The Morgan fingerprint density at radius 3 is 3.00 bits per heavy atom. The number of furan rings is 1. The molecule has 0 aliphatic heterocycles. The van der Waals surface area contributed by atoms with E-state index in [2.05, 4.69) is 4.98 Å². The first-order valence-electron chi connectivity index (χ1n) is 5.12. The Bertz CT molecular complexity index is 673. The Balaban J connectivity index is 2.03. The van der Waals surface area contributed by atoms with Crippen LogP contribution in [-0.2, 0) is 0 Å². The van der Waals surface area contributed by atoms with Crippen molar-refractivity contribution in [1.29, 1.82) is 5.26 Å². The number of nitriles is 1. The highest BCUT2D eigenvalue weighted by Crippen LogP contribution is 2.21. The molecule has 0 saturated heterocycles. The van der Waals surface area contributed by atoms with Gasteiger partial charge < -0.3 is 4.42 Å². The first-order valence-corrected chi connectivity index (χ1v) is 6.00. The molecule has 0 bridgehead atoms. The number of nitro groups is 1. The van der Waals surface area contributed by atoms with Crippen LogP contribution < -0.4 is 0 Å². The summed E-state index contributed by atoms with van der Waals surface area (Å²) in [6, 6.07) is 8.09. The molecule has 0 saturated carbocycles. The van der Waals surface area contributed by atoms with Crippen molar-refractivity contribution in [2.45, 2.75) is 5.03 Å². The second-order valence-corrected chi connectivity index (χ2v) is 4.27. The molecule has 0 fully saturated rings. The summed E-state index contributed by atoms with van der Waals surface area (Å²) >= 11 is 1.29. The summed E-state index contributed by atoms with van der Waals surface area (Å²) in [5, 5.41) is 21.5. The molecule has 0 aliphatic carbocycles. The first kappa shape index (κ1) is 12.9. The van der Waals surface area contributed by atoms with Crippen LogP contribution in [0.5, 0.6) is 0 Å². The number of hydrogen-bond donors (Lipinski definition) is 0. The molecule has 6 nitrogen and oxygen atoms in total. The van der Waals surface area contributed by atoms with E-state index in [0.717, 1.165) is 0 Å². The number of pyridine rings is 1. The lowest BCUT2D eigenvalue weighted by molar-refractivity contribution is -0.402. The highest BCUT2D eigenvalue weighted by Gasteiger charge is 2.09. The van der Waals surface area contributed by atoms with Gasteiger partial charge in [-0.2, -0.15) is 5.26 Å². The minimum Gasteiger partial charge on any atom is -0.401 e. The van der Waals surface area contributed by atoms with E-state index in [1.165, 1.54) is 23.9 Å². The molecule has 0 radical (unpaired) electrons. The standard InChI is InChI=1S/C12H7N3O3S/c13-8-9-3-5-14-11(7-9)19-6-4-10-1-2-12(18-10)15(16)17/h1-7H. The van der Waals surface area contributed by atoms with E-state index in [9.17, 15) is 10.1 Å². The number of nitrogens with zero attached hydrogens (tertiary/aromatic N) is 3. The molecular formula is C12H7N3O3S. The van der Waals surface area contributed by atoms with Crippen LogP contribution in [0.2, 0.25) is 0 Å². The zero-order valence-electron chi connectivity index (χ0n) is 9.52. The van der Waals surface area contributed by atoms with Crippen molar-refractivity contribution in [2.75, 3.05) is 0 Å². The lowest BCUT2D eigenvalue weighted by Gasteiger charge is -1.94. The maximum atomic E-state index is 10.4. The molecule has 19 heavy (non-hydrogen) atoms. The van der Waals surface area contributed by atoms with Crippen LogP contribution in [0, 0.1) is 21.4 Å². The maximum absolute atomic E-state index is 10.4. The molecule has 0 atom stereocenters. The predicted molar refractivity (Wildman–Crippen MR) is 69.2 cm³/mol. The van der Waals surface area contributed by atoms with Crippen molar-refractivity contribution in [3.8, 4) is 6.07 Å². The summed E-state index contributed by atoms with van der Waals surface area (Å²) in [4.78, 5) is 13.9. The van der Waals surface area contributed by atoms with Gasteiger partial charge in [0.15, 0.2) is 0 Å². The van der Waals surface area contributed by atoms with Gasteiger partial charge in [-0.15, -0.1) is 0 Å². The largest absolute Gasteiger partial charge is 0.433 e. The van der Waals surface area contributed by atoms with Crippen LogP contribution >= 0.6 is 11.8 Å². The summed E-state index contributed by atoms with van der Waals surface area (Å²) in [6.45, 7) is 0. The SMILES string of the molecule is N#Cc1ccnc(SC=Cc2ccc([N+](=O)[O-])o2)c1. The van der Waals surface area contributed by atoms with E-state index in [0.29, 0.717) is 16.3 Å². The van der Waals surface area contributed by atoms with Gasteiger partial charge in [0.25, 0.3) is 0 Å². The highest BCUT2D eigenvalue weighted by molar-refractivity contribution is 8.02. The van der Waals surface area contributed by atoms with Gasteiger partial charge in [0, 0.05) is 6.20 Å². The van der Waals surface area contributed by atoms with Gasteiger partial charge >= 0.3 is 5.88 Å². The van der Waals surface area contributed by atoms with E-state index in [1.807, 2.05) is 6.07 Å². The van der Waals surface area contributed by atoms with Crippen molar-refractivity contribution in [2.24, 2.45) is 0 Å². The lowest BCUT2D eigenvalue weighted by atomic mass is 10.3. The van der Waals surface area contributed by atoms with Crippen LogP contribution in [0.1, 0.15) is 11.3 Å². The van der Waals surface area contributed by atoms with Crippen LogP contribution in [-0.4, -0.2) is 9.91 Å². The minimum absolute atomic E-state index is 0.297. The maximum Gasteiger partial charge on any atom is 0.433 e. The van der Waals surface area contributed by atoms with Gasteiger partial charge in [-0.1, -0.05) is 11.8 Å². The van der Waals surface area contributed by atoms with Gasteiger partial charge in [0.05, 0.1) is 17.7 Å². The highest BCUT2D eigenvalue weighted by atomic mass is 32.2. The average Bonchev–Trinajstić information content (AvgIpc) is 2.88. The van der Waals surface area contributed by atoms with E-state index in [-0.39, 0.29) is 5.88 Å². The van der Waals surface area contributed by atoms with Crippen LogP contribution in [0.4, 0.5) is 5.88 Å². The van der Waals surface area contributed by atoms with Crippen LogP contribution in [0.3, 0.4) is 0 Å². The summed E-state index contributed by atoms with van der Waals surface area (Å²) in [5.41, 5.74) is 0.527. The molecule has 0 aromatic carbocycles. The molecule has 2 aromatic rings. The van der Waals surface area contributed by atoms with Gasteiger partial charge in [-0.25, -0.2) is 4.98 Å². The quantitative estimate of drug-likeness (QED) is 0.482. The molecular weight excluding hydrogens is 266 g/mol. The van der Waals surface area contributed by atoms with Gasteiger partial charge in [0.1, 0.15) is 15.7 Å². The van der Waals surface area contributed by atoms with E-state index >= 15 is 0 Å². The van der Waals surface area contributed by atoms with E-state index in [1.54, 1.807) is 29.8 Å². The molecule has 0 spiro atoms. The lowest BCUT2D eigenvalue weighted by Crippen LogP contribution is -1.82. The molecule has 7 heteroatoms. The first-order chi connectivity index (χ1) is 9.19. The molecule has 0 amide bonds. The summed E-state index contributed by atoms with van der Waals surface area (Å²) < 4.78 is 4.96. The Hall–Kier alpha value is -2.59. The Labute approximate surface area is 112 Å².